The van der Waals surface area contributed by atoms with Crippen LogP contribution in [0.1, 0.15) is 36.2 Å². The summed E-state index contributed by atoms with van der Waals surface area (Å²) in [6.45, 7) is 4.42. The van der Waals surface area contributed by atoms with Gasteiger partial charge in [0.25, 0.3) is 5.91 Å². The summed E-state index contributed by atoms with van der Waals surface area (Å²) in [5, 5.41) is 22.3. The molecule has 0 bridgehead atoms. The van der Waals surface area contributed by atoms with Crippen molar-refractivity contribution in [2.24, 2.45) is 5.92 Å². The van der Waals surface area contributed by atoms with Crippen LogP contribution in [0.15, 0.2) is 6.07 Å². The number of hydrogen-bond donors (Lipinski definition) is 4. The van der Waals surface area contributed by atoms with Gasteiger partial charge < -0.3 is 30.9 Å². The predicted octanol–water partition coefficient (Wildman–Crippen LogP) is 1.73. The van der Waals surface area contributed by atoms with E-state index in [4.69, 9.17) is 27.2 Å². The van der Waals surface area contributed by atoms with Gasteiger partial charge in [-0.2, -0.15) is 0 Å². The number of nitrogens with zero attached hydrogens (tertiary/aromatic N) is 1. The lowest BCUT2D eigenvalue weighted by Gasteiger charge is -2.34. The summed E-state index contributed by atoms with van der Waals surface area (Å²) >= 11 is 6.19. The number of piperidine rings is 1. The Labute approximate surface area is 162 Å². The van der Waals surface area contributed by atoms with Crippen molar-refractivity contribution >= 4 is 29.3 Å². The van der Waals surface area contributed by atoms with E-state index in [2.05, 4.69) is 5.32 Å². The van der Waals surface area contributed by atoms with Crippen LogP contribution in [0.2, 0.25) is 5.02 Å². The molecule has 3 rings (SSSR count). The molecule has 2 heterocycles. The Morgan fingerprint density at radius 3 is 2.81 bits per heavy atom. The number of carboxylic acid groups (broad SMARTS) is 1. The third-order valence-electron chi connectivity index (χ3n) is 5.11. The van der Waals surface area contributed by atoms with Crippen LogP contribution in [0.5, 0.6) is 5.75 Å². The number of carbonyl (C=O) groups excluding carboxylic acids is 1. The lowest BCUT2D eigenvalue weighted by Crippen LogP contribution is -2.49. The van der Waals surface area contributed by atoms with E-state index in [1.807, 2.05) is 13.8 Å². The van der Waals surface area contributed by atoms with Gasteiger partial charge in [-0.1, -0.05) is 11.6 Å². The molecule has 1 aromatic rings. The number of nitrogens with one attached hydrogen (secondary N) is 1. The van der Waals surface area contributed by atoms with Crippen molar-refractivity contribution in [1.29, 1.82) is 0 Å². The molecule has 27 heavy (non-hydrogen) atoms. The first kappa shape index (κ1) is 19.6. The maximum absolute atomic E-state index is 12.7. The maximum atomic E-state index is 12.7. The third-order valence-corrected chi connectivity index (χ3v) is 5.43. The first-order chi connectivity index (χ1) is 12.6. The first-order valence-corrected chi connectivity index (χ1v) is 9.21. The molecule has 9 heteroatoms. The highest BCUT2D eigenvalue weighted by atomic mass is 35.5. The Bertz CT molecular complexity index is 783. The van der Waals surface area contributed by atoms with Crippen LogP contribution in [-0.2, 0) is 6.42 Å². The zero-order valence-electron chi connectivity index (χ0n) is 15.3. The fourth-order valence-electron chi connectivity index (χ4n) is 3.61. The number of anilines is 1. The number of fused-ring (bicyclic) bond motifs is 1. The van der Waals surface area contributed by atoms with Crippen molar-refractivity contribution < 1.29 is 24.5 Å². The van der Waals surface area contributed by atoms with Gasteiger partial charge in [0.05, 0.1) is 28.9 Å². The number of carbonyl (C=O) groups is 2. The second-order valence-electron chi connectivity index (χ2n) is 7.72. The fourth-order valence-corrected chi connectivity index (χ4v) is 3.83. The molecular formula is C18H24ClN3O5. The van der Waals surface area contributed by atoms with Gasteiger partial charge in [-0.15, -0.1) is 0 Å². The molecule has 0 spiro atoms. The number of likely N-dealkylation sites (tertiary alicyclic amines) is 1. The van der Waals surface area contributed by atoms with Crippen molar-refractivity contribution in [2.45, 2.75) is 38.4 Å². The second-order valence-corrected chi connectivity index (χ2v) is 8.13. The average Bonchev–Trinajstić information content (AvgIpc) is 2.92. The van der Waals surface area contributed by atoms with Crippen LogP contribution in [0.25, 0.3) is 0 Å². The minimum absolute atomic E-state index is 0.0380. The van der Waals surface area contributed by atoms with Crippen molar-refractivity contribution in [2.75, 3.05) is 25.4 Å². The zero-order valence-corrected chi connectivity index (χ0v) is 16.0. The van der Waals surface area contributed by atoms with E-state index in [1.54, 1.807) is 0 Å². The number of aliphatic hydroxyl groups excluding tert-OH is 1. The molecule has 0 unspecified atom stereocenters. The highest BCUT2D eigenvalue weighted by Crippen LogP contribution is 2.44. The molecule has 0 aliphatic carbocycles. The zero-order chi connectivity index (χ0) is 19.9. The number of nitrogen functional groups attached to an aromatic ring is 1. The Morgan fingerprint density at radius 1 is 1.48 bits per heavy atom. The number of rotatable bonds is 3. The van der Waals surface area contributed by atoms with Crippen LogP contribution in [0.3, 0.4) is 0 Å². The summed E-state index contributed by atoms with van der Waals surface area (Å²) in [5.74, 6) is -0.140. The van der Waals surface area contributed by atoms with Crippen LogP contribution in [0.4, 0.5) is 10.5 Å². The third kappa shape index (κ3) is 3.91. The smallest absolute Gasteiger partial charge is 0.407 e. The molecule has 2 atom stereocenters. The largest absolute Gasteiger partial charge is 0.486 e. The van der Waals surface area contributed by atoms with E-state index >= 15 is 0 Å². The number of halogens is 1. The molecule has 5 N–H and O–H groups in total. The highest BCUT2D eigenvalue weighted by Gasteiger charge is 2.36. The van der Waals surface area contributed by atoms with Crippen molar-refractivity contribution in [3.05, 3.63) is 22.2 Å². The number of aliphatic hydroxyl groups is 1. The summed E-state index contributed by atoms with van der Waals surface area (Å²) in [6, 6.07) is 1.50. The Hall–Kier alpha value is -2.19. The second kappa shape index (κ2) is 7.09. The van der Waals surface area contributed by atoms with E-state index in [-0.39, 0.29) is 24.9 Å². The molecule has 148 valence electrons. The van der Waals surface area contributed by atoms with Gasteiger partial charge in [0.1, 0.15) is 11.4 Å². The Kier molecular flexibility index (Phi) is 5.14. The number of β-amino-alcohol motifs (C(OH)–C–C–N with tert-alkyl or cyclic N) is 1. The summed E-state index contributed by atoms with van der Waals surface area (Å²) in [5.41, 5.74) is 7.03. The SMILES string of the molecule is CC1(C)Cc2c(N)c(Cl)cc(C(=O)NC[C@@H]3CCN(C(=O)O)C[C@H]3O)c2O1. The number of nitrogens with two attached hydrogens (primary N) is 1. The molecule has 1 fully saturated rings. The van der Waals surface area contributed by atoms with E-state index in [0.29, 0.717) is 41.4 Å². The van der Waals surface area contributed by atoms with Gasteiger partial charge in [0.15, 0.2) is 0 Å². The molecular weight excluding hydrogens is 374 g/mol. The number of amides is 2. The normalized spacial score (nSPS) is 23.5. The molecule has 0 radical (unpaired) electrons. The highest BCUT2D eigenvalue weighted by molar-refractivity contribution is 6.33. The van der Waals surface area contributed by atoms with Crippen molar-refractivity contribution in [3.8, 4) is 5.75 Å². The van der Waals surface area contributed by atoms with Gasteiger partial charge in [-0.25, -0.2) is 4.79 Å². The maximum Gasteiger partial charge on any atom is 0.407 e. The minimum Gasteiger partial charge on any atom is -0.486 e. The van der Waals surface area contributed by atoms with E-state index < -0.39 is 17.8 Å². The lowest BCUT2D eigenvalue weighted by atomic mass is 9.93. The number of ether oxygens (including phenoxy) is 1. The predicted molar refractivity (Wildman–Crippen MR) is 100 cm³/mol. The molecule has 8 nitrogen and oxygen atoms in total. The summed E-state index contributed by atoms with van der Waals surface area (Å²) in [6.07, 6.45) is -0.853. The number of hydrogen-bond acceptors (Lipinski definition) is 5. The minimum atomic E-state index is -1.05. The molecule has 1 saturated heterocycles. The van der Waals surface area contributed by atoms with Crippen LogP contribution in [-0.4, -0.2) is 58.5 Å². The first-order valence-electron chi connectivity index (χ1n) is 8.83. The van der Waals surface area contributed by atoms with Gasteiger partial charge in [0.2, 0.25) is 0 Å². The van der Waals surface area contributed by atoms with Gasteiger partial charge in [0, 0.05) is 31.0 Å². The van der Waals surface area contributed by atoms with Gasteiger partial charge in [-0.3, -0.25) is 4.79 Å². The van der Waals surface area contributed by atoms with Gasteiger partial charge >= 0.3 is 6.09 Å². The lowest BCUT2D eigenvalue weighted by molar-refractivity contribution is 0.0248. The summed E-state index contributed by atoms with van der Waals surface area (Å²) in [4.78, 5) is 24.9. The molecule has 0 aromatic heterocycles. The Balaban J connectivity index is 1.71. The van der Waals surface area contributed by atoms with E-state index in [9.17, 15) is 14.7 Å². The van der Waals surface area contributed by atoms with Crippen LogP contribution < -0.4 is 15.8 Å². The van der Waals surface area contributed by atoms with Crippen LogP contribution in [0, 0.1) is 5.92 Å². The fraction of sp³-hybridized carbons (Fsp3) is 0.556. The Morgan fingerprint density at radius 2 is 2.19 bits per heavy atom. The van der Waals surface area contributed by atoms with Gasteiger partial charge in [-0.05, 0) is 26.3 Å². The molecule has 2 amide bonds. The quantitative estimate of drug-likeness (QED) is 0.575. The molecule has 2 aliphatic heterocycles. The van der Waals surface area contributed by atoms with E-state index in [0.717, 1.165) is 5.56 Å². The standard InChI is InChI=1S/C18H24ClN3O5/c1-18(2)6-11-14(20)12(19)5-10(15(11)27-18)16(24)21-7-9-3-4-22(17(25)26)8-13(9)23/h5,9,13,23H,3-4,6-8,20H2,1-2H3,(H,21,24)(H,25,26)/t9-,13+/m0/s1. The van der Waals surface area contributed by atoms with E-state index in [1.165, 1.54) is 11.0 Å². The van der Waals surface area contributed by atoms with Crippen molar-refractivity contribution in [3.63, 3.8) is 0 Å². The molecule has 0 saturated carbocycles. The molecule has 1 aromatic carbocycles. The average molecular weight is 398 g/mol. The number of benzene rings is 1. The monoisotopic (exact) mass is 397 g/mol. The molecule has 2 aliphatic rings. The van der Waals surface area contributed by atoms with Crippen molar-refractivity contribution in [1.82, 2.24) is 10.2 Å². The summed E-state index contributed by atoms with van der Waals surface area (Å²) < 4.78 is 5.91. The summed E-state index contributed by atoms with van der Waals surface area (Å²) in [7, 11) is 0. The van der Waals surface area contributed by atoms with Crippen LogP contribution >= 0.6 is 11.6 Å². The topological polar surface area (TPSA) is 125 Å².